The summed E-state index contributed by atoms with van der Waals surface area (Å²) in [5.41, 5.74) is 1.79. The van der Waals surface area contributed by atoms with E-state index < -0.39 is 0 Å². The van der Waals surface area contributed by atoms with Crippen LogP contribution in [0.3, 0.4) is 0 Å². The Morgan fingerprint density at radius 2 is 2.32 bits per heavy atom. The van der Waals surface area contributed by atoms with Crippen molar-refractivity contribution >= 4 is 17.0 Å². The van der Waals surface area contributed by atoms with Crippen molar-refractivity contribution in [3.05, 3.63) is 29.5 Å². The van der Waals surface area contributed by atoms with Gasteiger partial charge in [0.05, 0.1) is 13.2 Å². The maximum atomic E-state index is 12.5. The van der Waals surface area contributed by atoms with Gasteiger partial charge in [0.1, 0.15) is 17.1 Å². The highest BCUT2D eigenvalue weighted by Crippen LogP contribution is 2.32. The van der Waals surface area contributed by atoms with Crippen LogP contribution in [0.4, 0.5) is 4.79 Å². The molecule has 2 atom stereocenters. The highest BCUT2D eigenvalue weighted by molar-refractivity contribution is 5.84. The van der Waals surface area contributed by atoms with Gasteiger partial charge >= 0.3 is 6.03 Å². The average molecular weight is 346 g/mol. The molecular weight excluding hydrogens is 320 g/mol. The van der Waals surface area contributed by atoms with Crippen molar-refractivity contribution in [3.63, 3.8) is 0 Å². The van der Waals surface area contributed by atoms with Crippen LogP contribution in [0.2, 0.25) is 0 Å². The number of ether oxygens (including phenoxy) is 1. The number of methoxy groups -OCH3 is 1. The molecule has 0 aliphatic carbocycles. The van der Waals surface area contributed by atoms with Gasteiger partial charge in [-0.3, -0.25) is 0 Å². The maximum Gasteiger partial charge on any atom is 0.317 e. The van der Waals surface area contributed by atoms with Gasteiger partial charge in [-0.05, 0) is 50.8 Å². The molecule has 1 aromatic carbocycles. The quantitative estimate of drug-likeness (QED) is 0.891. The van der Waals surface area contributed by atoms with E-state index in [-0.39, 0.29) is 24.6 Å². The van der Waals surface area contributed by atoms with Crippen LogP contribution in [-0.2, 0) is 0 Å². The van der Waals surface area contributed by atoms with Gasteiger partial charge in [-0.1, -0.05) is 0 Å². The first-order valence-corrected chi connectivity index (χ1v) is 8.76. The van der Waals surface area contributed by atoms with Crippen molar-refractivity contribution in [1.29, 1.82) is 0 Å². The van der Waals surface area contributed by atoms with Gasteiger partial charge in [0.15, 0.2) is 0 Å². The Kier molecular flexibility index (Phi) is 5.18. The molecule has 1 aliphatic heterocycles. The summed E-state index contributed by atoms with van der Waals surface area (Å²) in [6.45, 7) is 5.37. The number of nitrogens with zero attached hydrogens (tertiary/aromatic N) is 1. The molecule has 136 valence electrons. The van der Waals surface area contributed by atoms with Crippen molar-refractivity contribution in [2.24, 2.45) is 5.92 Å². The van der Waals surface area contributed by atoms with Gasteiger partial charge in [-0.2, -0.15) is 0 Å². The number of piperidine rings is 1. The Balaban J connectivity index is 1.74. The monoisotopic (exact) mass is 346 g/mol. The number of carbonyl (C=O) groups excluding carboxylic acids is 1. The van der Waals surface area contributed by atoms with Crippen molar-refractivity contribution in [1.82, 2.24) is 10.2 Å². The van der Waals surface area contributed by atoms with Crippen LogP contribution in [0, 0.1) is 12.8 Å². The largest absolute Gasteiger partial charge is 0.497 e. The fourth-order valence-electron chi connectivity index (χ4n) is 3.50. The Bertz CT molecular complexity index is 755. The molecule has 6 nitrogen and oxygen atoms in total. The zero-order chi connectivity index (χ0) is 18.0. The molecule has 3 rings (SSSR count). The van der Waals surface area contributed by atoms with Crippen molar-refractivity contribution in [2.75, 3.05) is 26.8 Å². The number of hydrogen-bond donors (Lipinski definition) is 2. The van der Waals surface area contributed by atoms with Crippen molar-refractivity contribution < 1.29 is 19.1 Å². The number of rotatable bonds is 4. The second-order valence-corrected chi connectivity index (χ2v) is 6.76. The smallest absolute Gasteiger partial charge is 0.317 e. The fourth-order valence-corrected chi connectivity index (χ4v) is 3.50. The summed E-state index contributed by atoms with van der Waals surface area (Å²) >= 11 is 0. The van der Waals surface area contributed by atoms with Crippen LogP contribution in [0.1, 0.15) is 37.1 Å². The molecule has 0 unspecified atom stereocenters. The molecule has 2 N–H and O–H groups in total. The minimum Gasteiger partial charge on any atom is -0.497 e. The summed E-state index contributed by atoms with van der Waals surface area (Å²) in [4.78, 5) is 14.3. The Morgan fingerprint density at radius 1 is 1.52 bits per heavy atom. The van der Waals surface area contributed by atoms with Crippen LogP contribution >= 0.6 is 0 Å². The lowest BCUT2D eigenvalue weighted by atomic mass is 9.99. The number of aryl methyl sites for hydroxylation is 1. The number of carbonyl (C=O) groups is 1. The van der Waals surface area contributed by atoms with E-state index in [1.54, 1.807) is 12.0 Å². The summed E-state index contributed by atoms with van der Waals surface area (Å²) in [6.07, 6.45) is 1.90. The van der Waals surface area contributed by atoms with E-state index in [1.165, 1.54) is 0 Å². The van der Waals surface area contributed by atoms with Gasteiger partial charge in [-0.25, -0.2) is 4.79 Å². The van der Waals surface area contributed by atoms with E-state index in [1.807, 2.05) is 32.0 Å². The predicted molar refractivity (Wildman–Crippen MR) is 95.8 cm³/mol. The third-order valence-electron chi connectivity index (χ3n) is 4.98. The molecule has 1 fully saturated rings. The van der Waals surface area contributed by atoms with Crippen molar-refractivity contribution in [2.45, 2.75) is 32.7 Å². The van der Waals surface area contributed by atoms with Crippen LogP contribution in [0.15, 0.2) is 22.6 Å². The number of aliphatic hydroxyl groups excluding tert-OH is 1. The number of aliphatic hydroxyl groups is 1. The summed E-state index contributed by atoms with van der Waals surface area (Å²) in [6, 6.07) is 5.35. The van der Waals surface area contributed by atoms with Gasteiger partial charge in [0.25, 0.3) is 0 Å². The second-order valence-electron chi connectivity index (χ2n) is 6.76. The lowest BCUT2D eigenvalue weighted by Crippen LogP contribution is -2.46. The first-order valence-electron chi connectivity index (χ1n) is 8.76. The molecule has 0 radical (unpaired) electrons. The van der Waals surface area contributed by atoms with Crippen LogP contribution in [0.25, 0.3) is 11.0 Å². The van der Waals surface area contributed by atoms with Gasteiger partial charge in [-0.15, -0.1) is 0 Å². The molecule has 6 heteroatoms. The number of benzene rings is 1. The lowest BCUT2D eigenvalue weighted by molar-refractivity contribution is 0.127. The second kappa shape index (κ2) is 7.35. The summed E-state index contributed by atoms with van der Waals surface area (Å²) < 4.78 is 11.2. The highest BCUT2D eigenvalue weighted by atomic mass is 16.5. The first kappa shape index (κ1) is 17.6. The molecule has 2 amide bonds. The average Bonchev–Trinajstić information content (AvgIpc) is 2.98. The van der Waals surface area contributed by atoms with Gasteiger partial charge < -0.3 is 24.5 Å². The molecular formula is C19H26N2O4. The topological polar surface area (TPSA) is 74.9 Å². The van der Waals surface area contributed by atoms with Gasteiger partial charge in [0.2, 0.25) is 0 Å². The maximum absolute atomic E-state index is 12.5. The molecule has 25 heavy (non-hydrogen) atoms. The Morgan fingerprint density at radius 3 is 3.04 bits per heavy atom. The van der Waals surface area contributed by atoms with E-state index >= 15 is 0 Å². The Hall–Kier alpha value is -2.21. The van der Waals surface area contributed by atoms with Crippen LogP contribution < -0.4 is 10.1 Å². The summed E-state index contributed by atoms with van der Waals surface area (Å²) in [7, 11) is 1.64. The number of amides is 2. The third-order valence-corrected chi connectivity index (χ3v) is 4.98. The molecule has 0 bridgehead atoms. The zero-order valence-electron chi connectivity index (χ0n) is 15.0. The summed E-state index contributed by atoms with van der Waals surface area (Å²) in [5.74, 6) is 1.71. The molecule has 1 saturated heterocycles. The minimum absolute atomic E-state index is 0.108. The normalized spacial score (nSPS) is 19.0. The van der Waals surface area contributed by atoms with Crippen LogP contribution in [0.5, 0.6) is 5.75 Å². The standard InChI is InChI=1S/C19H26N2O4/c1-12-16-9-15(24-3)6-7-17(16)25-18(12)13(2)20-19(23)21-8-4-5-14(10-21)11-22/h6-7,9,13-14,22H,4-5,8,10-11H2,1-3H3,(H,20,23)/t13-,14-/m0/s1. The number of nitrogens with one attached hydrogen (secondary N) is 1. The van der Waals surface area contributed by atoms with Gasteiger partial charge in [0, 0.05) is 30.6 Å². The number of likely N-dealkylation sites (tertiary alicyclic amines) is 1. The van der Waals surface area contributed by atoms with Crippen LogP contribution in [-0.4, -0.2) is 42.8 Å². The SMILES string of the molecule is COc1ccc2oc([C@H](C)NC(=O)N3CCC[C@H](CO)C3)c(C)c2c1. The predicted octanol–water partition coefficient (Wildman–Crippen LogP) is 3.22. The Labute approximate surface area is 147 Å². The van der Waals surface area contributed by atoms with E-state index in [0.717, 1.165) is 47.4 Å². The highest BCUT2D eigenvalue weighted by Gasteiger charge is 2.25. The van der Waals surface area contributed by atoms with E-state index in [2.05, 4.69) is 5.32 Å². The number of furan rings is 1. The van der Waals surface area contributed by atoms with E-state index in [4.69, 9.17) is 9.15 Å². The van der Waals surface area contributed by atoms with E-state index in [9.17, 15) is 9.90 Å². The van der Waals surface area contributed by atoms with Crippen molar-refractivity contribution in [3.8, 4) is 5.75 Å². The summed E-state index contributed by atoms with van der Waals surface area (Å²) in [5, 5.41) is 13.3. The number of urea groups is 1. The van der Waals surface area contributed by atoms with E-state index in [0.29, 0.717) is 6.54 Å². The molecule has 1 aliphatic rings. The molecule has 2 aromatic rings. The lowest BCUT2D eigenvalue weighted by Gasteiger charge is -2.32. The molecule has 2 heterocycles. The number of fused-ring (bicyclic) bond motifs is 1. The first-order chi connectivity index (χ1) is 12.0. The molecule has 1 aromatic heterocycles. The zero-order valence-corrected chi connectivity index (χ0v) is 15.0. The fraction of sp³-hybridized carbons (Fsp3) is 0.526. The minimum atomic E-state index is -0.236. The molecule has 0 spiro atoms. The number of hydrogen-bond acceptors (Lipinski definition) is 4. The third kappa shape index (κ3) is 3.58. The molecule has 0 saturated carbocycles.